The Morgan fingerprint density at radius 3 is 2.63 bits per heavy atom. The Morgan fingerprint density at radius 1 is 1.16 bits per heavy atom. The maximum atomic E-state index is 13.1. The number of halogens is 2. The van der Waals surface area contributed by atoms with Crippen molar-refractivity contribution in [1.29, 1.82) is 0 Å². The van der Waals surface area contributed by atoms with E-state index in [0.717, 1.165) is 11.0 Å². The minimum absolute atomic E-state index is 0.0907. The van der Waals surface area contributed by atoms with E-state index in [1.807, 2.05) is 0 Å². The molecule has 4 nitrogen and oxygen atoms in total. The van der Waals surface area contributed by atoms with Gasteiger partial charge in [-0.1, -0.05) is 11.6 Å². The lowest BCUT2D eigenvalue weighted by atomic mass is 10.2. The van der Waals surface area contributed by atoms with E-state index in [2.05, 4.69) is 4.98 Å². The van der Waals surface area contributed by atoms with Crippen molar-refractivity contribution in [2.75, 3.05) is 4.90 Å². The summed E-state index contributed by atoms with van der Waals surface area (Å²) in [6.07, 6.45) is 1.44. The highest BCUT2D eigenvalue weighted by Gasteiger charge is 2.37. The number of fused-ring (bicyclic) bond motifs is 1. The van der Waals surface area contributed by atoms with Crippen LogP contribution in [-0.4, -0.2) is 16.8 Å². The van der Waals surface area contributed by atoms with Crippen molar-refractivity contribution < 1.29 is 14.0 Å². The Kier molecular flexibility index (Phi) is 2.57. The number of hydrogen-bond donors (Lipinski definition) is 0. The summed E-state index contributed by atoms with van der Waals surface area (Å²) in [4.78, 5) is 29.1. The molecule has 0 spiro atoms. The third-order valence-electron chi connectivity index (χ3n) is 2.81. The Balaban J connectivity index is 2.11. The van der Waals surface area contributed by atoms with E-state index in [1.54, 1.807) is 6.07 Å². The van der Waals surface area contributed by atoms with Crippen LogP contribution < -0.4 is 4.90 Å². The summed E-state index contributed by atoms with van der Waals surface area (Å²) in [5.74, 6) is -1.64. The zero-order valence-electron chi connectivity index (χ0n) is 9.43. The molecule has 6 heteroatoms. The summed E-state index contributed by atoms with van der Waals surface area (Å²) in [6, 6.07) is 6.76. The monoisotopic (exact) mass is 276 g/mol. The Hall–Kier alpha value is -2.27. The van der Waals surface area contributed by atoms with Crippen LogP contribution in [0.15, 0.2) is 36.5 Å². The first kappa shape index (κ1) is 11.8. The zero-order chi connectivity index (χ0) is 13.6. The average molecular weight is 277 g/mol. The predicted octanol–water partition coefficient (Wildman–Crippen LogP) is 2.67. The lowest BCUT2D eigenvalue weighted by Gasteiger charge is -2.13. The highest BCUT2D eigenvalue weighted by Crippen LogP contribution is 2.29. The molecule has 0 saturated heterocycles. The van der Waals surface area contributed by atoms with E-state index in [-0.39, 0.29) is 22.0 Å². The van der Waals surface area contributed by atoms with Gasteiger partial charge in [-0.25, -0.2) is 9.29 Å². The predicted molar refractivity (Wildman–Crippen MR) is 66.8 cm³/mol. The summed E-state index contributed by atoms with van der Waals surface area (Å²) in [5, 5.41) is -0.151. The Labute approximate surface area is 112 Å². The third kappa shape index (κ3) is 1.70. The molecule has 1 aromatic carbocycles. The SMILES string of the molecule is O=C1c2cccnc2C(=O)N1c1ccc(F)c(Cl)c1. The number of pyridine rings is 1. The molecule has 3 rings (SSSR count). The van der Waals surface area contributed by atoms with Crippen molar-refractivity contribution in [2.45, 2.75) is 0 Å². The number of aromatic nitrogens is 1. The minimum Gasteiger partial charge on any atom is -0.268 e. The molecule has 0 unspecified atom stereocenters. The van der Waals surface area contributed by atoms with Crippen molar-refractivity contribution in [3.8, 4) is 0 Å². The van der Waals surface area contributed by atoms with Crippen LogP contribution in [-0.2, 0) is 0 Å². The highest BCUT2D eigenvalue weighted by atomic mass is 35.5. The number of carbonyl (C=O) groups excluding carboxylic acids is 2. The summed E-state index contributed by atoms with van der Waals surface area (Å²) < 4.78 is 13.1. The molecule has 19 heavy (non-hydrogen) atoms. The van der Waals surface area contributed by atoms with Gasteiger partial charge in [0.1, 0.15) is 11.5 Å². The van der Waals surface area contributed by atoms with Gasteiger partial charge in [-0.05, 0) is 30.3 Å². The quantitative estimate of drug-likeness (QED) is 0.753. The van der Waals surface area contributed by atoms with Gasteiger partial charge in [-0.2, -0.15) is 0 Å². The van der Waals surface area contributed by atoms with Gasteiger partial charge in [-0.3, -0.25) is 14.6 Å². The largest absolute Gasteiger partial charge is 0.284 e. The molecule has 2 heterocycles. The lowest BCUT2D eigenvalue weighted by molar-refractivity contribution is 0.0924. The number of hydrogen-bond acceptors (Lipinski definition) is 3. The van der Waals surface area contributed by atoms with Gasteiger partial charge in [0.2, 0.25) is 0 Å². The number of rotatable bonds is 1. The fourth-order valence-corrected chi connectivity index (χ4v) is 2.10. The molecule has 0 atom stereocenters. The maximum Gasteiger partial charge on any atom is 0.284 e. The number of nitrogens with zero attached hydrogens (tertiary/aromatic N) is 2. The molecule has 0 radical (unpaired) electrons. The molecule has 1 aliphatic heterocycles. The van der Waals surface area contributed by atoms with Crippen LogP contribution in [0.3, 0.4) is 0 Å². The van der Waals surface area contributed by atoms with Crippen molar-refractivity contribution in [3.05, 3.63) is 58.6 Å². The van der Waals surface area contributed by atoms with E-state index in [9.17, 15) is 14.0 Å². The molecule has 2 aromatic rings. The van der Waals surface area contributed by atoms with Gasteiger partial charge < -0.3 is 0 Å². The minimum atomic E-state index is -0.611. The third-order valence-corrected chi connectivity index (χ3v) is 3.10. The van der Waals surface area contributed by atoms with E-state index in [1.165, 1.54) is 24.4 Å². The van der Waals surface area contributed by atoms with Crippen LogP contribution >= 0.6 is 11.6 Å². The van der Waals surface area contributed by atoms with Gasteiger partial charge in [0.25, 0.3) is 11.8 Å². The van der Waals surface area contributed by atoms with Crippen molar-refractivity contribution in [1.82, 2.24) is 4.98 Å². The van der Waals surface area contributed by atoms with Crippen LogP contribution in [0.5, 0.6) is 0 Å². The molecule has 0 fully saturated rings. The summed E-state index contributed by atoms with van der Waals surface area (Å²) >= 11 is 5.66. The van der Waals surface area contributed by atoms with E-state index in [4.69, 9.17) is 11.6 Å². The molecule has 0 saturated carbocycles. The Bertz CT molecular complexity index is 683. The summed E-state index contributed by atoms with van der Waals surface area (Å²) in [7, 11) is 0. The second-order valence-corrected chi connectivity index (χ2v) is 4.35. The first-order valence-corrected chi connectivity index (χ1v) is 5.76. The topological polar surface area (TPSA) is 50.3 Å². The molecule has 0 bridgehead atoms. The van der Waals surface area contributed by atoms with Crippen LogP contribution in [0.1, 0.15) is 20.8 Å². The molecule has 94 valence electrons. The standard InChI is InChI=1S/C13H6ClFN2O2/c14-9-6-7(3-4-10(9)15)17-12(18)8-2-1-5-16-11(8)13(17)19/h1-6H. The molecular formula is C13H6ClFN2O2. The van der Waals surface area contributed by atoms with Gasteiger partial charge >= 0.3 is 0 Å². The molecule has 2 amide bonds. The first-order chi connectivity index (χ1) is 9.09. The number of anilines is 1. The summed E-state index contributed by atoms with van der Waals surface area (Å²) in [5.41, 5.74) is 0.542. The number of benzene rings is 1. The second-order valence-electron chi connectivity index (χ2n) is 3.94. The van der Waals surface area contributed by atoms with E-state index >= 15 is 0 Å². The van der Waals surface area contributed by atoms with Crippen LogP contribution in [0, 0.1) is 5.82 Å². The lowest BCUT2D eigenvalue weighted by Crippen LogP contribution is -2.29. The number of imide groups is 1. The fourth-order valence-electron chi connectivity index (χ4n) is 1.93. The van der Waals surface area contributed by atoms with Gasteiger partial charge in [0, 0.05) is 6.20 Å². The summed E-state index contributed by atoms with van der Waals surface area (Å²) in [6.45, 7) is 0. The number of amides is 2. The normalized spacial score (nSPS) is 13.9. The molecule has 1 aliphatic rings. The molecular weight excluding hydrogens is 271 g/mol. The van der Waals surface area contributed by atoms with Crippen molar-refractivity contribution >= 4 is 29.1 Å². The van der Waals surface area contributed by atoms with Crippen LogP contribution in [0.4, 0.5) is 10.1 Å². The van der Waals surface area contributed by atoms with E-state index in [0.29, 0.717) is 0 Å². The molecule has 0 aliphatic carbocycles. The zero-order valence-corrected chi connectivity index (χ0v) is 10.2. The van der Waals surface area contributed by atoms with Crippen LogP contribution in [0.25, 0.3) is 0 Å². The van der Waals surface area contributed by atoms with Gasteiger partial charge in [0.05, 0.1) is 16.3 Å². The maximum absolute atomic E-state index is 13.1. The fraction of sp³-hybridized carbons (Fsp3) is 0. The van der Waals surface area contributed by atoms with Crippen molar-refractivity contribution in [2.24, 2.45) is 0 Å². The number of carbonyl (C=O) groups is 2. The Morgan fingerprint density at radius 2 is 1.95 bits per heavy atom. The highest BCUT2D eigenvalue weighted by molar-refractivity contribution is 6.35. The van der Waals surface area contributed by atoms with Crippen LogP contribution in [0.2, 0.25) is 5.02 Å². The first-order valence-electron chi connectivity index (χ1n) is 5.38. The second kappa shape index (κ2) is 4.13. The van der Waals surface area contributed by atoms with Gasteiger partial charge in [0.15, 0.2) is 0 Å². The van der Waals surface area contributed by atoms with Gasteiger partial charge in [-0.15, -0.1) is 0 Å². The van der Waals surface area contributed by atoms with E-state index < -0.39 is 17.6 Å². The van der Waals surface area contributed by atoms with Crippen molar-refractivity contribution in [3.63, 3.8) is 0 Å². The smallest absolute Gasteiger partial charge is 0.268 e. The molecule has 0 N–H and O–H groups in total. The molecule has 1 aromatic heterocycles. The average Bonchev–Trinajstić information content (AvgIpc) is 2.66.